The largest absolute Gasteiger partial charge is 0.462 e. The number of hydrogen-bond donors (Lipinski definition) is 0. The summed E-state index contributed by atoms with van der Waals surface area (Å²) in [5.74, 6) is -0.199. The Morgan fingerprint density at radius 2 is 2.11 bits per heavy atom. The molecule has 0 radical (unpaired) electrons. The Labute approximate surface area is 112 Å². The van der Waals surface area contributed by atoms with Crippen LogP contribution in [0.15, 0.2) is 36.4 Å². The molecule has 1 aromatic heterocycles. The van der Waals surface area contributed by atoms with Crippen molar-refractivity contribution >= 4 is 5.97 Å². The maximum Gasteiger partial charge on any atom is 0.339 e. The average Bonchev–Trinajstić information content (AvgIpc) is 3.01. The smallest absolute Gasteiger partial charge is 0.339 e. The van der Waals surface area contributed by atoms with E-state index in [4.69, 9.17) is 4.74 Å². The van der Waals surface area contributed by atoms with Gasteiger partial charge >= 0.3 is 5.97 Å². The van der Waals surface area contributed by atoms with Gasteiger partial charge in [0, 0.05) is 17.9 Å². The summed E-state index contributed by atoms with van der Waals surface area (Å²) in [4.78, 5) is 12.0. The highest BCUT2D eigenvalue weighted by Gasteiger charge is 2.24. The molecule has 0 fully saturated rings. The first-order valence-electron chi connectivity index (χ1n) is 6.76. The number of ether oxygens (including phenoxy) is 1. The van der Waals surface area contributed by atoms with Gasteiger partial charge in [-0.05, 0) is 31.4 Å². The molecule has 0 spiro atoms. The van der Waals surface area contributed by atoms with Crippen molar-refractivity contribution in [2.45, 2.75) is 26.3 Å². The van der Waals surface area contributed by atoms with Gasteiger partial charge in [-0.3, -0.25) is 0 Å². The number of carbonyl (C=O) groups excluding carboxylic acids is 1. The van der Waals surface area contributed by atoms with Crippen molar-refractivity contribution in [1.29, 1.82) is 0 Å². The summed E-state index contributed by atoms with van der Waals surface area (Å²) in [6.07, 6.45) is 2.06. The summed E-state index contributed by atoms with van der Waals surface area (Å²) in [6, 6.07) is 12.2. The van der Waals surface area contributed by atoms with Gasteiger partial charge in [-0.1, -0.05) is 30.3 Å². The molecule has 0 N–H and O–H groups in total. The summed E-state index contributed by atoms with van der Waals surface area (Å²) in [6.45, 7) is 3.25. The molecule has 0 aliphatic carbocycles. The van der Waals surface area contributed by atoms with E-state index in [1.807, 2.05) is 31.2 Å². The third kappa shape index (κ3) is 2.05. The van der Waals surface area contributed by atoms with Crippen molar-refractivity contribution in [2.24, 2.45) is 0 Å². The summed E-state index contributed by atoms with van der Waals surface area (Å²) in [7, 11) is 0. The van der Waals surface area contributed by atoms with Gasteiger partial charge in [0.25, 0.3) is 0 Å². The van der Waals surface area contributed by atoms with Gasteiger partial charge in [0.05, 0.1) is 12.2 Å². The predicted octanol–water partition coefficient (Wildman–Crippen LogP) is 3.28. The molecule has 0 bridgehead atoms. The number of nitrogens with zero attached hydrogens (tertiary/aromatic N) is 1. The second kappa shape index (κ2) is 4.92. The van der Waals surface area contributed by atoms with Crippen molar-refractivity contribution in [3.8, 4) is 11.3 Å². The molecule has 98 valence electrons. The van der Waals surface area contributed by atoms with E-state index in [0.717, 1.165) is 41.9 Å². The van der Waals surface area contributed by atoms with Crippen molar-refractivity contribution in [3.05, 3.63) is 47.7 Å². The third-order valence-electron chi connectivity index (χ3n) is 3.57. The summed E-state index contributed by atoms with van der Waals surface area (Å²) < 4.78 is 7.40. The fraction of sp³-hybridized carbons (Fsp3) is 0.312. The van der Waals surface area contributed by atoms with Gasteiger partial charge in [0.2, 0.25) is 0 Å². The zero-order chi connectivity index (χ0) is 13.2. The first-order valence-corrected chi connectivity index (χ1v) is 6.76. The molecule has 1 aromatic carbocycles. The zero-order valence-electron chi connectivity index (χ0n) is 11.1. The lowest BCUT2D eigenvalue weighted by atomic mass is 10.1. The topological polar surface area (TPSA) is 31.2 Å². The highest BCUT2D eigenvalue weighted by Crippen LogP contribution is 2.31. The SMILES string of the molecule is CCOC(=O)c1cc(-c2ccccc2)n2c1CCC2. The number of carbonyl (C=O) groups is 1. The van der Waals surface area contributed by atoms with Gasteiger partial charge in [0.15, 0.2) is 0 Å². The Hall–Kier alpha value is -2.03. The number of aromatic nitrogens is 1. The van der Waals surface area contributed by atoms with Crippen LogP contribution < -0.4 is 0 Å². The Kier molecular flexibility index (Phi) is 3.11. The molecule has 2 heterocycles. The van der Waals surface area contributed by atoms with E-state index in [0.29, 0.717) is 6.61 Å². The second-order valence-corrected chi connectivity index (χ2v) is 4.73. The number of benzene rings is 1. The first kappa shape index (κ1) is 12.0. The zero-order valence-corrected chi connectivity index (χ0v) is 11.1. The van der Waals surface area contributed by atoms with E-state index in [9.17, 15) is 4.79 Å². The third-order valence-corrected chi connectivity index (χ3v) is 3.57. The minimum absolute atomic E-state index is 0.199. The van der Waals surface area contributed by atoms with Gasteiger partial charge in [-0.15, -0.1) is 0 Å². The van der Waals surface area contributed by atoms with Gasteiger partial charge < -0.3 is 9.30 Å². The molecule has 0 saturated carbocycles. The Bertz CT molecular complexity index is 599. The van der Waals surface area contributed by atoms with E-state index in [1.54, 1.807) is 0 Å². The van der Waals surface area contributed by atoms with Crippen LogP contribution in [-0.4, -0.2) is 17.1 Å². The van der Waals surface area contributed by atoms with Crippen molar-refractivity contribution in [1.82, 2.24) is 4.57 Å². The molecule has 0 atom stereocenters. The van der Waals surface area contributed by atoms with Crippen LogP contribution in [0.25, 0.3) is 11.3 Å². The van der Waals surface area contributed by atoms with E-state index >= 15 is 0 Å². The van der Waals surface area contributed by atoms with Crippen LogP contribution in [0.4, 0.5) is 0 Å². The minimum Gasteiger partial charge on any atom is -0.462 e. The molecule has 0 unspecified atom stereocenters. The highest BCUT2D eigenvalue weighted by atomic mass is 16.5. The van der Waals surface area contributed by atoms with Crippen LogP contribution in [-0.2, 0) is 17.7 Å². The first-order chi connectivity index (χ1) is 9.31. The van der Waals surface area contributed by atoms with Crippen molar-refractivity contribution in [3.63, 3.8) is 0 Å². The molecule has 2 aromatic rings. The van der Waals surface area contributed by atoms with Crippen LogP contribution in [0.3, 0.4) is 0 Å². The van der Waals surface area contributed by atoms with Gasteiger partial charge in [-0.2, -0.15) is 0 Å². The normalized spacial score (nSPS) is 13.3. The number of esters is 1. The molecule has 0 saturated heterocycles. The molecule has 1 aliphatic rings. The maximum atomic E-state index is 12.0. The van der Waals surface area contributed by atoms with E-state index in [1.165, 1.54) is 0 Å². The number of rotatable bonds is 3. The lowest BCUT2D eigenvalue weighted by Gasteiger charge is -2.05. The molecule has 3 heteroatoms. The van der Waals surface area contributed by atoms with E-state index in [2.05, 4.69) is 16.7 Å². The van der Waals surface area contributed by atoms with Gasteiger partial charge in [0.1, 0.15) is 0 Å². The molecule has 0 amide bonds. The summed E-state index contributed by atoms with van der Waals surface area (Å²) in [5.41, 5.74) is 4.13. The van der Waals surface area contributed by atoms with Crippen molar-refractivity contribution in [2.75, 3.05) is 6.61 Å². The van der Waals surface area contributed by atoms with Crippen LogP contribution in [0.5, 0.6) is 0 Å². The number of fused-ring (bicyclic) bond motifs is 1. The van der Waals surface area contributed by atoms with Crippen LogP contribution in [0.1, 0.15) is 29.4 Å². The minimum atomic E-state index is -0.199. The lowest BCUT2D eigenvalue weighted by Crippen LogP contribution is -2.06. The summed E-state index contributed by atoms with van der Waals surface area (Å²) >= 11 is 0. The highest BCUT2D eigenvalue weighted by molar-refractivity contribution is 5.93. The predicted molar refractivity (Wildman–Crippen MR) is 74.1 cm³/mol. The molecule has 1 aliphatic heterocycles. The fourth-order valence-electron chi connectivity index (χ4n) is 2.75. The van der Waals surface area contributed by atoms with Crippen molar-refractivity contribution < 1.29 is 9.53 Å². The molecular formula is C16H17NO2. The average molecular weight is 255 g/mol. The molecule has 19 heavy (non-hydrogen) atoms. The van der Waals surface area contributed by atoms with Crippen LogP contribution in [0.2, 0.25) is 0 Å². The maximum absolute atomic E-state index is 12.0. The van der Waals surface area contributed by atoms with Gasteiger partial charge in [-0.25, -0.2) is 4.79 Å². The Morgan fingerprint density at radius 1 is 1.32 bits per heavy atom. The van der Waals surface area contributed by atoms with Crippen LogP contribution >= 0.6 is 0 Å². The quantitative estimate of drug-likeness (QED) is 0.788. The molecular weight excluding hydrogens is 238 g/mol. The fourth-order valence-corrected chi connectivity index (χ4v) is 2.75. The van der Waals surface area contributed by atoms with E-state index < -0.39 is 0 Å². The number of hydrogen-bond acceptors (Lipinski definition) is 2. The van der Waals surface area contributed by atoms with Crippen LogP contribution in [0, 0.1) is 0 Å². The van der Waals surface area contributed by atoms with E-state index in [-0.39, 0.29) is 5.97 Å². The second-order valence-electron chi connectivity index (χ2n) is 4.73. The standard InChI is InChI=1S/C16H17NO2/c1-2-19-16(18)13-11-15(12-7-4-3-5-8-12)17-10-6-9-14(13)17/h3-5,7-8,11H,2,6,9-10H2,1H3. The molecule has 3 nitrogen and oxygen atoms in total. The molecule has 3 rings (SSSR count). The summed E-state index contributed by atoms with van der Waals surface area (Å²) in [5, 5.41) is 0. The monoisotopic (exact) mass is 255 g/mol. The Balaban J connectivity index is 2.08. The lowest BCUT2D eigenvalue weighted by molar-refractivity contribution is 0.0525. The Morgan fingerprint density at radius 3 is 2.84 bits per heavy atom.